The molecule has 2 saturated carbocycles. The molecule has 0 aromatic heterocycles. The normalized spacial score (nSPS) is 31.9. The maximum absolute atomic E-state index is 2.71. The zero-order valence-electron chi connectivity index (χ0n) is 30.8. The van der Waals surface area contributed by atoms with E-state index in [0.29, 0.717) is 46.8 Å². The Morgan fingerprint density at radius 2 is 1.18 bits per heavy atom. The molecule has 4 aliphatic carbocycles. The number of allylic oxidation sites excluding steroid dienone is 8. The van der Waals surface area contributed by atoms with Crippen molar-refractivity contribution >= 4 is 10.8 Å². The van der Waals surface area contributed by atoms with Gasteiger partial charge in [-0.3, -0.25) is 0 Å². The Labute approximate surface area is 277 Å². The number of fused-ring (bicyclic) bond motifs is 4. The first-order valence-electron chi connectivity index (χ1n) is 18.3. The van der Waals surface area contributed by atoms with Gasteiger partial charge in [0.25, 0.3) is 0 Å². The van der Waals surface area contributed by atoms with Crippen LogP contribution in [0.4, 0.5) is 0 Å². The van der Waals surface area contributed by atoms with Crippen molar-refractivity contribution in [3.8, 4) is 0 Å². The summed E-state index contributed by atoms with van der Waals surface area (Å²) in [5, 5.41) is 2.76. The van der Waals surface area contributed by atoms with E-state index < -0.39 is 0 Å². The van der Waals surface area contributed by atoms with Crippen LogP contribution < -0.4 is 0 Å². The summed E-state index contributed by atoms with van der Waals surface area (Å²) in [4.78, 5) is 0. The van der Waals surface area contributed by atoms with Crippen LogP contribution >= 0.6 is 0 Å². The van der Waals surface area contributed by atoms with Gasteiger partial charge in [0.2, 0.25) is 0 Å². The molecule has 0 spiro atoms. The van der Waals surface area contributed by atoms with Gasteiger partial charge in [0, 0.05) is 0 Å². The quantitative estimate of drug-likeness (QED) is 0.327. The Morgan fingerprint density at radius 1 is 0.667 bits per heavy atom. The van der Waals surface area contributed by atoms with E-state index in [4.69, 9.17) is 0 Å². The van der Waals surface area contributed by atoms with Crippen LogP contribution in [0.3, 0.4) is 0 Å². The van der Waals surface area contributed by atoms with E-state index >= 15 is 0 Å². The van der Waals surface area contributed by atoms with Crippen molar-refractivity contribution in [3.05, 3.63) is 95.6 Å². The van der Waals surface area contributed by atoms with Gasteiger partial charge in [-0.05, 0) is 110 Å². The average molecular weight is 605 g/mol. The molecule has 0 aliphatic heterocycles. The SMILES string of the molecule is CC1CC(C(C)(C)C)CC1[C@@H](c1ccc2ccccc2c1)C1C2C=CC(C(C)(C)C)=CC2C2C=C(C(C)(C)C)C=CC21.CCC. The molecular weight excluding hydrogens is 540 g/mol. The Kier molecular flexibility index (Phi) is 9.59. The second-order valence-corrected chi connectivity index (χ2v) is 18.4. The van der Waals surface area contributed by atoms with Crippen molar-refractivity contribution in [2.75, 3.05) is 0 Å². The second-order valence-electron chi connectivity index (χ2n) is 18.4. The average Bonchev–Trinajstić information content (AvgIpc) is 3.51. The van der Waals surface area contributed by atoms with Crippen LogP contribution in [0, 0.1) is 63.6 Å². The number of hydrogen-bond donors (Lipinski definition) is 0. The van der Waals surface area contributed by atoms with Gasteiger partial charge in [0.15, 0.2) is 0 Å². The summed E-state index contributed by atoms with van der Waals surface area (Å²) in [6.07, 6.45) is 19.8. The van der Waals surface area contributed by atoms with Gasteiger partial charge < -0.3 is 0 Å². The van der Waals surface area contributed by atoms with Crippen molar-refractivity contribution in [3.63, 3.8) is 0 Å². The lowest BCUT2D eigenvalue weighted by Gasteiger charge is -2.40. The summed E-state index contributed by atoms with van der Waals surface area (Å²) in [6, 6.07) is 16.5. The van der Waals surface area contributed by atoms with Crippen LogP contribution in [0.1, 0.15) is 114 Å². The van der Waals surface area contributed by atoms with Crippen molar-refractivity contribution in [1.82, 2.24) is 0 Å². The molecule has 0 amide bonds. The Bertz CT molecular complexity index is 1400. The third kappa shape index (κ3) is 6.87. The zero-order valence-corrected chi connectivity index (χ0v) is 30.8. The lowest BCUT2D eigenvalue weighted by Crippen LogP contribution is -2.31. The summed E-state index contributed by atoms with van der Waals surface area (Å²) in [5.74, 6) is 5.69. The van der Waals surface area contributed by atoms with Crippen LogP contribution in [-0.4, -0.2) is 0 Å². The van der Waals surface area contributed by atoms with Gasteiger partial charge in [-0.25, -0.2) is 0 Å². The predicted molar refractivity (Wildman–Crippen MR) is 198 cm³/mol. The molecule has 0 nitrogen and oxygen atoms in total. The third-order valence-electron chi connectivity index (χ3n) is 11.9. The minimum Gasteiger partial charge on any atom is -0.0802 e. The van der Waals surface area contributed by atoms with E-state index in [1.54, 1.807) is 5.56 Å². The molecule has 8 atom stereocenters. The first-order valence-corrected chi connectivity index (χ1v) is 18.3. The monoisotopic (exact) mass is 605 g/mol. The van der Waals surface area contributed by atoms with E-state index in [2.05, 4.69) is 162 Å². The van der Waals surface area contributed by atoms with Gasteiger partial charge in [0.1, 0.15) is 0 Å². The molecule has 0 N–H and O–H groups in total. The van der Waals surface area contributed by atoms with Crippen molar-refractivity contribution in [2.24, 2.45) is 63.6 Å². The number of rotatable bonds is 3. The fraction of sp³-hybridized carbons (Fsp3) is 0.600. The topological polar surface area (TPSA) is 0 Å². The first-order chi connectivity index (χ1) is 21.0. The fourth-order valence-corrected chi connectivity index (χ4v) is 9.33. The highest BCUT2D eigenvalue weighted by Crippen LogP contribution is 2.62. The zero-order chi connectivity index (χ0) is 32.9. The first kappa shape index (κ1) is 34.0. The molecule has 2 fully saturated rings. The van der Waals surface area contributed by atoms with Crippen LogP contribution in [0.2, 0.25) is 0 Å². The molecule has 0 saturated heterocycles. The Balaban J connectivity index is 0.00000128. The van der Waals surface area contributed by atoms with Gasteiger partial charge in [0.05, 0.1) is 0 Å². The lowest BCUT2D eigenvalue weighted by molar-refractivity contribution is 0.196. The predicted octanol–water partition coefficient (Wildman–Crippen LogP) is 13.2. The van der Waals surface area contributed by atoms with Gasteiger partial charge in [-0.15, -0.1) is 0 Å². The van der Waals surface area contributed by atoms with Crippen LogP contribution in [0.5, 0.6) is 0 Å². The van der Waals surface area contributed by atoms with Crippen molar-refractivity contribution < 1.29 is 0 Å². The minimum atomic E-state index is 0.174. The van der Waals surface area contributed by atoms with E-state index in [1.807, 2.05) is 0 Å². The Hall–Kier alpha value is -2.34. The van der Waals surface area contributed by atoms with Crippen molar-refractivity contribution in [1.29, 1.82) is 0 Å². The highest BCUT2D eigenvalue weighted by Gasteiger charge is 2.55. The van der Waals surface area contributed by atoms with E-state index in [0.717, 1.165) is 11.8 Å². The molecule has 2 aromatic carbocycles. The van der Waals surface area contributed by atoms with E-state index in [9.17, 15) is 0 Å². The summed E-state index contributed by atoms with van der Waals surface area (Å²) in [5.41, 5.74) is 5.34. The maximum atomic E-state index is 2.71. The standard InChI is InChI=1S/C42H56.C3H8/c1-26-21-32(42(8,9)10)25-35(26)38(29-16-15-27-13-11-12-14-28(27)22-29)39-33-19-17-30(40(2,3)4)23-36(33)37-24-31(41(5,6)7)18-20-34(37)39;1-3-2/h11-20,22-24,26,32-39H,21,25H2,1-10H3;3H2,1-2H3/t26?,32?,33?,34?,35?,36?,37?,38-,39?;/m1./s1. The summed E-state index contributed by atoms with van der Waals surface area (Å²) < 4.78 is 0. The molecule has 0 heterocycles. The molecule has 6 rings (SSSR count). The third-order valence-corrected chi connectivity index (χ3v) is 11.9. The van der Waals surface area contributed by atoms with Gasteiger partial charge in [-0.2, -0.15) is 0 Å². The summed E-state index contributed by atoms with van der Waals surface area (Å²) in [7, 11) is 0. The molecule has 7 unspecified atom stereocenters. The summed E-state index contributed by atoms with van der Waals surface area (Å²) in [6.45, 7) is 28.6. The molecule has 4 aliphatic rings. The van der Waals surface area contributed by atoms with Gasteiger partial charge >= 0.3 is 0 Å². The smallest absolute Gasteiger partial charge is 0.00907 e. The van der Waals surface area contributed by atoms with Crippen LogP contribution in [-0.2, 0) is 0 Å². The van der Waals surface area contributed by atoms with E-state index in [-0.39, 0.29) is 10.8 Å². The largest absolute Gasteiger partial charge is 0.0802 e. The molecular formula is C45H64. The van der Waals surface area contributed by atoms with Gasteiger partial charge in [-0.1, -0.05) is 168 Å². The molecule has 0 radical (unpaired) electrons. The number of hydrogen-bond acceptors (Lipinski definition) is 0. The molecule has 0 heteroatoms. The summed E-state index contributed by atoms with van der Waals surface area (Å²) >= 11 is 0. The molecule has 2 aromatic rings. The maximum Gasteiger partial charge on any atom is -0.00907 e. The second kappa shape index (κ2) is 12.7. The highest BCUT2D eigenvalue weighted by molar-refractivity contribution is 5.83. The van der Waals surface area contributed by atoms with Crippen LogP contribution in [0.25, 0.3) is 10.8 Å². The molecule has 244 valence electrons. The Morgan fingerprint density at radius 3 is 1.64 bits per heavy atom. The van der Waals surface area contributed by atoms with Crippen LogP contribution in [0.15, 0.2) is 90.1 Å². The fourth-order valence-electron chi connectivity index (χ4n) is 9.33. The number of benzene rings is 2. The molecule has 45 heavy (non-hydrogen) atoms. The van der Waals surface area contributed by atoms with E-state index in [1.165, 1.54) is 41.2 Å². The highest BCUT2D eigenvalue weighted by atomic mass is 14.6. The molecule has 0 bridgehead atoms. The minimum absolute atomic E-state index is 0.174. The lowest BCUT2D eigenvalue weighted by atomic mass is 9.64. The van der Waals surface area contributed by atoms with Crippen molar-refractivity contribution in [2.45, 2.75) is 108 Å².